The Balaban J connectivity index is 3.42. The van der Waals surface area contributed by atoms with Crippen molar-refractivity contribution in [3.05, 3.63) is 0 Å². The lowest BCUT2D eigenvalue weighted by Crippen LogP contribution is -2.10. The van der Waals surface area contributed by atoms with Crippen LogP contribution in [0.25, 0.3) is 0 Å². The molecule has 1 atom stereocenters. The molecule has 0 aliphatic carbocycles. The number of ketones is 1. The third-order valence-electron chi connectivity index (χ3n) is 2.14. The first-order valence-corrected chi connectivity index (χ1v) is 4.95. The van der Waals surface area contributed by atoms with Crippen LogP contribution in [0.4, 0.5) is 0 Å². The van der Waals surface area contributed by atoms with Crippen LogP contribution < -0.4 is 5.73 Å². The van der Waals surface area contributed by atoms with E-state index in [1.54, 1.807) is 0 Å². The number of rotatable bonds is 7. The Labute approximate surface area is 75.5 Å². The van der Waals surface area contributed by atoms with Crippen LogP contribution in [0.15, 0.2) is 0 Å². The number of hydrogen-bond donors (Lipinski definition) is 1. The van der Waals surface area contributed by atoms with Gasteiger partial charge in [-0.1, -0.05) is 20.3 Å². The first-order chi connectivity index (χ1) is 5.72. The first kappa shape index (κ1) is 11.6. The molecule has 0 radical (unpaired) electrons. The van der Waals surface area contributed by atoms with Crippen LogP contribution in [0.1, 0.15) is 46.0 Å². The van der Waals surface area contributed by atoms with Crippen LogP contribution in [-0.2, 0) is 4.79 Å². The molecule has 2 N–H and O–H groups in total. The zero-order chi connectivity index (χ0) is 9.40. The van der Waals surface area contributed by atoms with E-state index in [0.29, 0.717) is 5.78 Å². The Morgan fingerprint density at radius 2 is 2.08 bits per heavy atom. The third kappa shape index (κ3) is 5.30. The van der Waals surface area contributed by atoms with Gasteiger partial charge in [0.15, 0.2) is 0 Å². The van der Waals surface area contributed by atoms with Crippen molar-refractivity contribution >= 4 is 5.78 Å². The number of carbonyl (C=O) groups excluding carboxylic acids is 1. The highest BCUT2D eigenvalue weighted by molar-refractivity contribution is 5.80. The van der Waals surface area contributed by atoms with E-state index in [0.717, 1.165) is 38.6 Å². The van der Waals surface area contributed by atoms with Crippen molar-refractivity contribution in [1.82, 2.24) is 0 Å². The molecule has 12 heavy (non-hydrogen) atoms. The van der Waals surface area contributed by atoms with Gasteiger partial charge in [0, 0.05) is 12.3 Å². The summed E-state index contributed by atoms with van der Waals surface area (Å²) in [6.07, 6.45) is 4.86. The lowest BCUT2D eigenvalue weighted by Gasteiger charge is -2.08. The fourth-order valence-electron chi connectivity index (χ4n) is 1.25. The fraction of sp³-hybridized carbons (Fsp3) is 0.900. The number of Topliss-reactive ketones (excluding diaryl/α,β-unsaturated/α-hetero) is 1. The Morgan fingerprint density at radius 1 is 1.42 bits per heavy atom. The lowest BCUT2D eigenvalue weighted by molar-refractivity contribution is -0.122. The summed E-state index contributed by atoms with van der Waals surface area (Å²) in [6, 6.07) is 0. The molecule has 0 spiro atoms. The van der Waals surface area contributed by atoms with Gasteiger partial charge in [0.05, 0.1) is 0 Å². The molecular formula is C10H21NO. The number of unbranched alkanes of at least 4 members (excludes halogenated alkanes) is 1. The van der Waals surface area contributed by atoms with E-state index < -0.39 is 0 Å². The number of carbonyl (C=O) groups is 1. The van der Waals surface area contributed by atoms with Gasteiger partial charge in [-0.15, -0.1) is 0 Å². The fourth-order valence-corrected chi connectivity index (χ4v) is 1.25. The maximum absolute atomic E-state index is 11.3. The summed E-state index contributed by atoms with van der Waals surface area (Å²) >= 11 is 0. The van der Waals surface area contributed by atoms with Gasteiger partial charge in [0.1, 0.15) is 5.78 Å². The average molecular weight is 171 g/mol. The van der Waals surface area contributed by atoms with E-state index in [4.69, 9.17) is 5.73 Å². The van der Waals surface area contributed by atoms with Crippen LogP contribution in [0.3, 0.4) is 0 Å². The van der Waals surface area contributed by atoms with Gasteiger partial charge in [-0.25, -0.2) is 0 Å². The second kappa shape index (κ2) is 7.29. The molecule has 2 heteroatoms. The Kier molecular flexibility index (Phi) is 7.06. The van der Waals surface area contributed by atoms with E-state index in [-0.39, 0.29) is 5.92 Å². The topological polar surface area (TPSA) is 43.1 Å². The first-order valence-electron chi connectivity index (χ1n) is 4.95. The zero-order valence-corrected chi connectivity index (χ0v) is 8.31. The van der Waals surface area contributed by atoms with Gasteiger partial charge >= 0.3 is 0 Å². The molecule has 72 valence electrons. The molecule has 0 saturated carbocycles. The molecule has 0 aromatic carbocycles. The van der Waals surface area contributed by atoms with E-state index in [9.17, 15) is 4.79 Å². The molecule has 0 aliphatic rings. The molecule has 0 rings (SSSR count). The summed E-state index contributed by atoms with van der Waals surface area (Å²) < 4.78 is 0. The van der Waals surface area contributed by atoms with Crippen molar-refractivity contribution < 1.29 is 4.79 Å². The van der Waals surface area contributed by atoms with Crippen LogP contribution in [0.2, 0.25) is 0 Å². The molecule has 0 aromatic heterocycles. The Morgan fingerprint density at radius 3 is 2.58 bits per heavy atom. The highest BCUT2D eigenvalue weighted by Gasteiger charge is 2.10. The van der Waals surface area contributed by atoms with Gasteiger partial charge in [-0.05, 0) is 25.8 Å². The summed E-state index contributed by atoms with van der Waals surface area (Å²) in [6.45, 7) is 4.81. The highest BCUT2D eigenvalue weighted by Crippen LogP contribution is 2.11. The van der Waals surface area contributed by atoms with Crippen LogP contribution in [0.5, 0.6) is 0 Å². The summed E-state index contributed by atoms with van der Waals surface area (Å²) in [5.74, 6) is 0.658. The summed E-state index contributed by atoms with van der Waals surface area (Å²) in [7, 11) is 0. The van der Waals surface area contributed by atoms with Gasteiger partial charge < -0.3 is 5.73 Å². The number of hydrogen-bond acceptors (Lipinski definition) is 2. The van der Waals surface area contributed by atoms with Gasteiger partial charge in [-0.2, -0.15) is 0 Å². The molecule has 0 aliphatic heterocycles. The summed E-state index contributed by atoms with van der Waals surface area (Å²) in [5.41, 5.74) is 5.36. The van der Waals surface area contributed by atoms with Crippen LogP contribution >= 0.6 is 0 Å². The lowest BCUT2D eigenvalue weighted by atomic mass is 9.97. The summed E-state index contributed by atoms with van der Waals surface area (Å²) in [5, 5.41) is 0. The van der Waals surface area contributed by atoms with Crippen molar-refractivity contribution in [2.75, 3.05) is 6.54 Å². The minimum atomic E-state index is 0.247. The molecule has 0 saturated heterocycles. The van der Waals surface area contributed by atoms with E-state index in [1.165, 1.54) is 0 Å². The van der Waals surface area contributed by atoms with E-state index in [2.05, 4.69) is 0 Å². The molecule has 0 fully saturated rings. The molecule has 0 aromatic rings. The molecular weight excluding hydrogens is 150 g/mol. The van der Waals surface area contributed by atoms with Crippen LogP contribution in [0, 0.1) is 5.92 Å². The molecule has 2 nitrogen and oxygen atoms in total. The summed E-state index contributed by atoms with van der Waals surface area (Å²) in [4.78, 5) is 11.3. The average Bonchev–Trinajstić information content (AvgIpc) is 2.05. The second-order valence-electron chi connectivity index (χ2n) is 3.40. The van der Waals surface area contributed by atoms with Gasteiger partial charge in [0.25, 0.3) is 0 Å². The minimum Gasteiger partial charge on any atom is -0.330 e. The van der Waals surface area contributed by atoms with Crippen molar-refractivity contribution in [2.24, 2.45) is 11.7 Å². The molecule has 0 bridgehead atoms. The number of nitrogens with two attached hydrogens (primary N) is 1. The van der Waals surface area contributed by atoms with Gasteiger partial charge in [0.2, 0.25) is 0 Å². The molecule has 0 amide bonds. The van der Waals surface area contributed by atoms with Crippen molar-refractivity contribution in [3.63, 3.8) is 0 Å². The Bertz CT molecular complexity index is 123. The standard InChI is InChI=1S/C10H21NO/c1-3-6-10(12)9(2)7-4-5-8-11/h9H,3-8,11H2,1-2H3/t9-/m0/s1. The van der Waals surface area contributed by atoms with E-state index in [1.807, 2.05) is 13.8 Å². The van der Waals surface area contributed by atoms with E-state index >= 15 is 0 Å². The normalized spacial score (nSPS) is 12.9. The maximum Gasteiger partial charge on any atom is 0.135 e. The third-order valence-corrected chi connectivity index (χ3v) is 2.14. The predicted molar refractivity (Wildman–Crippen MR) is 52.0 cm³/mol. The van der Waals surface area contributed by atoms with Crippen molar-refractivity contribution in [1.29, 1.82) is 0 Å². The zero-order valence-electron chi connectivity index (χ0n) is 8.31. The monoisotopic (exact) mass is 171 g/mol. The minimum absolute atomic E-state index is 0.247. The molecule has 0 unspecified atom stereocenters. The van der Waals surface area contributed by atoms with Crippen molar-refractivity contribution in [2.45, 2.75) is 46.0 Å². The Hall–Kier alpha value is -0.370. The highest BCUT2D eigenvalue weighted by atomic mass is 16.1. The van der Waals surface area contributed by atoms with Crippen LogP contribution in [-0.4, -0.2) is 12.3 Å². The van der Waals surface area contributed by atoms with Crippen molar-refractivity contribution in [3.8, 4) is 0 Å². The maximum atomic E-state index is 11.3. The molecule has 0 heterocycles. The predicted octanol–water partition coefficient (Wildman–Crippen LogP) is 2.12. The van der Waals surface area contributed by atoms with Gasteiger partial charge in [-0.3, -0.25) is 4.79 Å². The quantitative estimate of drug-likeness (QED) is 0.596. The SMILES string of the molecule is CCCC(=O)[C@@H](C)CCCCN. The largest absolute Gasteiger partial charge is 0.330 e. The smallest absolute Gasteiger partial charge is 0.135 e. The second-order valence-corrected chi connectivity index (χ2v) is 3.40.